The van der Waals surface area contributed by atoms with Crippen molar-refractivity contribution >= 4 is 11.9 Å². The van der Waals surface area contributed by atoms with E-state index >= 15 is 0 Å². The van der Waals surface area contributed by atoms with Gasteiger partial charge in [0.25, 0.3) is 0 Å². The normalized spacial score (nSPS) is 9.88. The lowest BCUT2D eigenvalue weighted by atomic mass is 10.0. The second-order valence-electron chi connectivity index (χ2n) is 3.63. The Morgan fingerprint density at radius 3 is 2.35 bits per heavy atom. The molecule has 5 nitrogen and oxygen atoms in total. The van der Waals surface area contributed by atoms with Gasteiger partial charge in [-0.1, -0.05) is 0 Å². The topological polar surface area (TPSA) is 72.8 Å². The van der Waals surface area contributed by atoms with E-state index in [2.05, 4.69) is 4.74 Å². The lowest BCUT2D eigenvalue weighted by Gasteiger charge is -2.14. The molecule has 92 valence electrons. The number of aromatic hydroxyl groups is 1. The summed E-state index contributed by atoms with van der Waals surface area (Å²) in [6.07, 6.45) is 0. The summed E-state index contributed by atoms with van der Waals surface area (Å²) in [4.78, 5) is 22.6. The van der Waals surface area contributed by atoms with Crippen LogP contribution in [0.1, 0.15) is 28.4 Å². The zero-order chi connectivity index (χ0) is 13.2. The molecule has 0 aliphatic carbocycles. The molecule has 0 heterocycles. The molecule has 1 aromatic carbocycles. The second-order valence-corrected chi connectivity index (χ2v) is 3.63. The summed E-state index contributed by atoms with van der Waals surface area (Å²) in [6.45, 7) is 4.40. The molecule has 0 aromatic heterocycles. The third-order valence-electron chi connectivity index (χ3n) is 2.33. The van der Waals surface area contributed by atoms with Crippen LogP contribution in [-0.2, 0) is 9.53 Å². The van der Waals surface area contributed by atoms with Gasteiger partial charge in [-0.2, -0.15) is 0 Å². The smallest absolute Gasteiger partial charge is 0.341 e. The number of benzene rings is 1. The number of esters is 2. The van der Waals surface area contributed by atoms with Gasteiger partial charge in [0.1, 0.15) is 11.3 Å². The lowest BCUT2D eigenvalue weighted by molar-refractivity contribution is -0.131. The number of hydrogen-bond acceptors (Lipinski definition) is 5. The molecule has 0 unspecified atom stereocenters. The van der Waals surface area contributed by atoms with Gasteiger partial charge in [0, 0.05) is 12.5 Å². The maximum atomic E-state index is 11.6. The van der Waals surface area contributed by atoms with Crippen molar-refractivity contribution < 1.29 is 24.2 Å². The molecule has 17 heavy (non-hydrogen) atoms. The molecule has 5 heteroatoms. The monoisotopic (exact) mass is 238 g/mol. The van der Waals surface area contributed by atoms with Crippen molar-refractivity contribution in [3.8, 4) is 11.5 Å². The van der Waals surface area contributed by atoms with Crippen LogP contribution in [0.5, 0.6) is 11.5 Å². The van der Waals surface area contributed by atoms with Crippen LogP contribution >= 0.6 is 0 Å². The van der Waals surface area contributed by atoms with Crippen molar-refractivity contribution in [2.24, 2.45) is 0 Å². The van der Waals surface area contributed by atoms with Crippen LogP contribution in [0, 0.1) is 13.8 Å². The Labute approximate surface area is 99.0 Å². The largest absolute Gasteiger partial charge is 0.508 e. The van der Waals surface area contributed by atoms with E-state index in [1.807, 2.05) is 0 Å². The van der Waals surface area contributed by atoms with Crippen LogP contribution < -0.4 is 4.74 Å². The van der Waals surface area contributed by atoms with Crippen LogP contribution in [0.3, 0.4) is 0 Å². The number of phenolic OH excluding ortho intramolecular Hbond substituents is 1. The zero-order valence-electron chi connectivity index (χ0n) is 10.2. The average molecular weight is 238 g/mol. The zero-order valence-corrected chi connectivity index (χ0v) is 10.2. The minimum atomic E-state index is -0.609. The molecule has 0 fully saturated rings. The Hall–Kier alpha value is -2.04. The van der Waals surface area contributed by atoms with Crippen LogP contribution in [0.15, 0.2) is 6.07 Å². The predicted molar refractivity (Wildman–Crippen MR) is 60.2 cm³/mol. The Balaban J connectivity index is 3.49. The molecular weight excluding hydrogens is 224 g/mol. The van der Waals surface area contributed by atoms with Crippen molar-refractivity contribution in [1.29, 1.82) is 0 Å². The number of carbonyl (C=O) groups is 2. The van der Waals surface area contributed by atoms with Crippen LogP contribution in [-0.4, -0.2) is 24.2 Å². The van der Waals surface area contributed by atoms with E-state index in [1.54, 1.807) is 13.8 Å². The van der Waals surface area contributed by atoms with Crippen molar-refractivity contribution in [2.75, 3.05) is 7.11 Å². The summed E-state index contributed by atoms with van der Waals surface area (Å²) >= 11 is 0. The summed E-state index contributed by atoms with van der Waals surface area (Å²) in [7, 11) is 1.24. The Morgan fingerprint density at radius 2 is 1.88 bits per heavy atom. The number of methoxy groups -OCH3 is 1. The fourth-order valence-electron chi connectivity index (χ4n) is 1.50. The maximum absolute atomic E-state index is 11.6. The third-order valence-corrected chi connectivity index (χ3v) is 2.33. The highest BCUT2D eigenvalue weighted by Gasteiger charge is 2.22. The number of rotatable bonds is 2. The molecule has 0 aliphatic rings. The standard InChI is InChI=1S/C12H14O5/c1-6-5-9(14)7(2)11(17-8(3)13)10(6)12(15)16-4/h5,14H,1-4H3. The van der Waals surface area contributed by atoms with Gasteiger partial charge in [-0.25, -0.2) is 4.79 Å². The minimum absolute atomic E-state index is 0.0357. The molecule has 0 spiro atoms. The Morgan fingerprint density at radius 1 is 1.29 bits per heavy atom. The molecule has 1 rings (SSSR count). The summed E-state index contributed by atoms with van der Waals surface area (Å²) in [5, 5.41) is 9.63. The number of hydrogen-bond donors (Lipinski definition) is 1. The minimum Gasteiger partial charge on any atom is -0.508 e. The number of aryl methyl sites for hydroxylation is 1. The number of ether oxygens (including phenoxy) is 2. The first-order valence-corrected chi connectivity index (χ1v) is 4.98. The van der Waals surface area contributed by atoms with Crippen LogP contribution in [0.2, 0.25) is 0 Å². The van der Waals surface area contributed by atoms with E-state index < -0.39 is 11.9 Å². The molecule has 0 radical (unpaired) electrons. The van der Waals surface area contributed by atoms with Gasteiger partial charge >= 0.3 is 11.9 Å². The third kappa shape index (κ3) is 2.55. The lowest BCUT2D eigenvalue weighted by Crippen LogP contribution is -2.12. The summed E-state index contributed by atoms with van der Waals surface area (Å²) in [6, 6.07) is 1.43. The first kappa shape index (κ1) is 13.0. The van der Waals surface area contributed by atoms with E-state index in [-0.39, 0.29) is 17.1 Å². The highest BCUT2D eigenvalue weighted by Crippen LogP contribution is 2.34. The maximum Gasteiger partial charge on any atom is 0.341 e. The van der Waals surface area contributed by atoms with Crippen molar-refractivity contribution in [3.63, 3.8) is 0 Å². The van der Waals surface area contributed by atoms with Crippen molar-refractivity contribution in [2.45, 2.75) is 20.8 Å². The Kier molecular flexibility index (Phi) is 3.73. The van der Waals surface area contributed by atoms with E-state index in [0.29, 0.717) is 11.1 Å². The van der Waals surface area contributed by atoms with Gasteiger partial charge in [-0.05, 0) is 25.5 Å². The molecular formula is C12H14O5. The van der Waals surface area contributed by atoms with Crippen LogP contribution in [0.25, 0.3) is 0 Å². The predicted octanol–water partition coefficient (Wildman–Crippen LogP) is 1.72. The first-order chi connectivity index (χ1) is 7.88. The van der Waals surface area contributed by atoms with Gasteiger partial charge in [0.05, 0.1) is 7.11 Å². The van der Waals surface area contributed by atoms with Gasteiger partial charge in [-0.15, -0.1) is 0 Å². The highest BCUT2D eigenvalue weighted by molar-refractivity contribution is 5.96. The molecule has 0 bridgehead atoms. The summed E-state index contributed by atoms with van der Waals surface area (Å²) < 4.78 is 9.58. The van der Waals surface area contributed by atoms with Crippen LogP contribution in [0.4, 0.5) is 0 Å². The van der Waals surface area contributed by atoms with E-state index in [1.165, 1.54) is 20.1 Å². The quantitative estimate of drug-likeness (QED) is 0.627. The fourth-order valence-corrected chi connectivity index (χ4v) is 1.50. The molecule has 0 saturated heterocycles. The second kappa shape index (κ2) is 4.86. The molecule has 0 atom stereocenters. The van der Waals surface area contributed by atoms with Gasteiger partial charge < -0.3 is 14.6 Å². The number of carbonyl (C=O) groups excluding carboxylic acids is 2. The number of phenols is 1. The summed E-state index contributed by atoms with van der Waals surface area (Å²) in [5.41, 5.74) is 0.959. The summed E-state index contributed by atoms with van der Waals surface area (Å²) in [5.74, 6) is -1.17. The highest BCUT2D eigenvalue weighted by atomic mass is 16.5. The van der Waals surface area contributed by atoms with Crippen molar-refractivity contribution in [3.05, 3.63) is 22.8 Å². The van der Waals surface area contributed by atoms with E-state index in [0.717, 1.165) is 0 Å². The molecule has 0 amide bonds. The molecule has 0 aliphatic heterocycles. The van der Waals surface area contributed by atoms with Gasteiger partial charge in [-0.3, -0.25) is 4.79 Å². The fraction of sp³-hybridized carbons (Fsp3) is 0.333. The molecule has 1 N–H and O–H groups in total. The molecule has 1 aromatic rings. The van der Waals surface area contributed by atoms with Gasteiger partial charge in [0.2, 0.25) is 0 Å². The molecule has 0 saturated carbocycles. The van der Waals surface area contributed by atoms with E-state index in [4.69, 9.17) is 4.74 Å². The van der Waals surface area contributed by atoms with Crippen molar-refractivity contribution in [1.82, 2.24) is 0 Å². The SMILES string of the molecule is COC(=O)c1c(C)cc(O)c(C)c1OC(C)=O. The Bertz CT molecular complexity index is 476. The van der Waals surface area contributed by atoms with E-state index in [9.17, 15) is 14.7 Å². The first-order valence-electron chi connectivity index (χ1n) is 4.98. The average Bonchev–Trinajstić information content (AvgIpc) is 2.24. The van der Waals surface area contributed by atoms with Gasteiger partial charge in [0.15, 0.2) is 5.75 Å².